The number of nitrogens with two attached hydrogens (primary N) is 1. The van der Waals surface area contributed by atoms with E-state index in [1.807, 2.05) is 12.1 Å². The number of benzene rings is 2. The van der Waals surface area contributed by atoms with Crippen molar-refractivity contribution in [2.45, 2.75) is 6.42 Å². The molecule has 1 aliphatic heterocycles. The number of aromatic amines is 1. The lowest BCUT2D eigenvalue weighted by molar-refractivity contribution is 0.0764. The van der Waals surface area contributed by atoms with Gasteiger partial charge in [-0.05, 0) is 36.2 Å². The van der Waals surface area contributed by atoms with Crippen LogP contribution in [0, 0.1) is 17.5 Å². The van der Waals surface area contributed by atoms with E-state index in [0.29, 0.717) is 29.8 Å². The average molecular weight is 439 g/mol. The maximum Gasteiger partial charge on any atom is 0.254 e. The van der Waals surface area contributed by atoms with Gasteiger partial charge in [0, 0.05) is 47.7 Å². The predicted octanol–water partition coefficient (Wildman–Crippen LogP) is 3.67. The van der Waals surface area contributed by atoms with Gasteiger partial charge in [0.15, 0.2) is 17.5 Å². The molecule has 6 nitrogen and oxygen atoms in total. The van der Waals surface area contributed by atoms with Crippen LogP contribution >= 0.6 is 0 Å². The van der Waals surface area contributed by atoms with Gasteiger partial charge in [-0.15, -0.1) is 0 Å². The Morgan fingerprint density at radius 2 is 1.78 bits per heavy atom. The zero-order valence-corrected chi connectivity index (χ0v) is 17.2. The van der Waals surface area contributed by atoms with Crippen molar-refractivity contribution in [3.8, 4) is 11.1 Å². The Kier molecular flexibility index (Phi) is 5.81. The number of nitrogens with zero attached hydrogens (tertiary/aromatic N) is 3. The largest absolute Gasteiger partial charge is 0.400 e. The summed E-state index contributed by atoms with van der Waals surface area (Å²) >= 11 is 0. The van der Waals surface area contributed by atoms with Gasteiger partial charge in [-0.1, -0.05) is 12.1 Å². The molecular weight excluding hydrogens is 419 g/mol. The molecule has 0 radical (unpaired) electrons. The van der Waals surface area contributed by atoms with Crippen LogP contribution in [0.5, 0.6) is 0 Å². The van der Waals surface area contributed by atoms with E-state index >= 15 is 0 Å². The normalized spacial score (nSPS) is 14.8. The van der Waals surface area contributed by atoms with Crippen molar-refractivity contribution in [3.05, 3.63) is 88.6 Å². The minimum atomic E-state index is -1.54. The molecule has 0 spiro atoms. The van der Waals surface area contributed by atoms with Crippen LogP contribution in [-0.4, -0.2) is 46.9 Å². The van der Waals surface area contributed by atoms with Crippen LogP contribution < -0.4 is 5.73 Å². The molecule has 0 unspecified atom stereocenters. The second-order valence-electron chi connectivity index (χ2n) is 7.37. The van der Waals surface area contributed by atoms with Gasteiger partial charge < -0.3 is 10.6 Å². The van der Waals surface area contributed by atoms with Crippen molar-refractivity contribution in [1.29, 1.82) is 0 Å². The Hall–Kier alpha value is -3.88. The highest BCUT2D eigenvalue weighted by Gasteiger charge is 2.26. The topological polar surface area (TPSA) is 87.4 Å². The van der Waals surface area contributed by atoms with E-state index in [1.54, 1.807) is 29.4 Å². The highest BCUT2D eigenvalue weighted by Crippen LogP contribution is 2.25. The number of nitrogens with one attached hydrogen (secondary N) is 1. The average Bonchev–Trinajstić information content (AvgIpc) is 3.33. The van der Waals surface area contributed by atoms with Crippen LogP contribution in [0.1, 0.15) is 22.3 Å². The molecule has 0 atom stereocenters. The first-order chi connectivity index (χ1) is 15.4. The number of hydrogen-bond donors (Lipinski definition) is 2. The predicted molar refractivity (Wildman–Crippen MR) is 115 cm³/mol. The van der Waals surface area contributed by atoms with Gasteiger partial charge in [-0.3, -0.25) is 14.9 Å². The minimum Gasteiger partial charge on any atom is -0.400 e. The number of hydrogen-bond acceptors (Lipinski definition) is 4. The summed E-state index contributed by atoms with van der Waals surface area (Å²) in [4.78, 5) is 18.7. The first kappa shape index (κ1) is 21.4. The van der Waals surface area contributed by atoms with Crippen molar-refractivity contribution < 1.29 is 18.0 Å². The van der Waals surface area contributed by atoms with Crippen LogP contribution in [0.4, 0.5) is 13.2 Å². The number of rotatable bonds is 4. The fourth-order valence-electron chi connectivity index (χ4n) is 3.76. The zero-order chi connectivity index (χ0) is 22.8. The third-order valence-corrected chi connectivity index (χ3v) is 5.40. The third kappa shape index (κ3) is 4.01. The summed E-state index contributed by atoms with van der Waals surface area (Å²) in [6.07, 6.45) is 3.80. The van der Waals surface area contributed by atoms with Gasteiger partial charge in [0.05, 0.1) is 18.5 Å². The maximum atomic E-state index is 13.7. The molecule has 2 aromatic carbocycles. The van der Waals surface area contributed by atoms with Crippen molar-refractivity contribution >= 4 is 11.6 Å². The summed E-state index contributed by atoms with van der Waals surface area (Å²) in [6.45, 7) is 0.492. The van der Waals surface area contributed by atoms with E-state index in [4.69, 9.17) is 5.73 Å². The van der Waals surface area contributed by atoms with Gasteiger partial charge in [0.2, 0.25) is 0 Å². The summed E-state index contributed by atoms with van der Waals surface area (Å²) in [5.74, 6) is -4.32. The lowest BCUT2D eigenvalue weighted by atomic mass is 9.94. The van der Waals surface area contributed by atoms with Crippen LogP contribution in [0.15, 0.2) is 65.1 Å². The molecule has 4 rings (SSSR count). The van der Waals surface area contributed by atoms with Gasteiger partial charge in [0.25, 0.3) is 5.91 Å². The lowest BCUT2D eigenvalue weighted by Crippen LogP contribution is -2.40. The number of halogens is 3. The van der Waals surface area contributed by atoms with Gasteiger partial charge >= 0.3 is 0 Å². The van der Waals surface area contributed by atoms with E-state index < -0.39 is 17.5 Å². The Balaban J connectivity index is 1.54. The Morgan fingerprint density at radius 1 is 1.09 bits per heavy atom. The standard InChI is InChI=1S/C23H20F3N5O/c1-28-22(15-8-18(24)21(26)19(25)9-15)17-6-7-31(12-20(17)27)23(32)14-4-2-13(3-5-14)16-10-29-30-11-16/h2-5,8-11H,6-7,12,27H2,1H3,(H,29,30). The van der Waals surface area contributed by atoms with Gasteiger partial charge in [-0.25, -0.2) is 13.2 Å². The molecule has 1 amide bonds. The minimum absolute atomic E-state index is 0.0939. The monoisotopic (exact) mass is 439 g/mol. The summed E-state index contributed by atoms with van der Waals surface area (Å²) < 4.78 is 40.7. The molecule has 1 aromatic heterocycles. The van der Waals surface area contributed by atoms with E-state index in [1.165, 1.54) is 7.05 Å². The summed E-state index contributed by atoms with van der Waals surface area (Å²) in [7, 11) is 1.47. The Bertz CT molecular complexity index is 1190. The first-order valence-corrected chi connectivity index (χ1v) is 9.87. The number of carbonyl (C=O) groups excluding carboxylic acids is 1. The van der Waals surface area contributed by atoms with Crippen LogP contribution in [0.25, 0.3) is 11.1 Å². The number of carbonyl (C=O) groups is 1. The number of amides is 1. The molecule has 0 saturated heterocycles. The molecule has 32 heavy (non-hydrogen) atoms. The van der Waals surface area contributed by atoms with E-state index in [-0.39, 0.29) is 23.7 Å². The lowest BCUT2D eigenvalue weighted by Gasteiger charge is -2.30. The van der Waals surface area contributed by atoms with Crippen LogP contribution in [0.2, 0.25) is 0 Å². The molecule has 2 heterocycles. The molecule has 0 fully saturated rings. The van der Waals surface area contributed by atoms with E-state index in [0.717, 1.165) is 23.3 Å². The molecule has 1 aliphatic rings. The molecule has 3 N–H and O–H groups in total. The molecule has 3 aromatic rings. The highest BCUT2D eigenvalue weighted by molar-refractivity contribution is 6.13. The molecule has 0 aliphatic carbocycles. The first-order valence-electron chi connectivity index (χ1n) is 9.87. The van der Waals surface area contributed by atoms with Gasteiger partial charge in [0.1, 0.15) is 0 Å². The fourth-order valence-corrected chi connectivity index (χ4v) is 3.76. The smallest absolute Gasteiger partial charge is 0.254 e. The van der Waals surface area contributed by atoms with Gasteiger partial charge in [-0.2, -0.15) is 5.10 Å². The van der Waals surface area contributed by atoms with Crippen molar-refractivity contribution in [1.82, 2.24) is 15.1 Å². The number of aromatic nitrogens is 2. The van der Waals surface area contributed by atoms with Crippen LogP contribution in [0.3, 0.4) is 0 Å². The summed E-state index contributed by atoms with van der Waals surface area (Å²) in [5, 5.41) is 6.66. The second kappa shape index (κ2) is 8.70. The van der Waals surface area contributed by atoms with E-state index in [9.17, 15) is 18.0 Å². The SMILES string of the molecule is CN=C(C1=C(N)CN(C(=O)c2ccc(-c3cn[nH]c3)cc2)CC1)c1cc(F)c(F)c(F)c1. The van der Waals surface area contributed by atoms with Crippen LogP contribution in [-0.2, 0) is 0 Å². The zero-order valence-electron chi connectivity index (χ0n) is 17.2. The third-order valence-electron chi connectivity index (χ3n) is 5.40. The Labute approximate surface area is 182 Å². The number of H-pyrrole nitrogens is 1. The van der Waals surface area contributed by atoms with Crippen molar-refractivity contribution in [3.63, 3.8) is 0 Å². The molecule has 9 heteroatoms. The number of aliphatic imine (C=N–C) groups is 1. The molecule has 0 saturated carbocycles. The van der Waals surface area contributed by atoms with E-state index in [2.05, 4.69) is 15.2 Å². The fraction of sp³-hybridized carbons (Fsp3) is 0.174. The molecule has 164 valence electrons. The highest BCUT2D eigenvalue weighted by atomic mass is 19.2. The van der Waals surface area contributed by atoms with Crippen molar-refractivity contribution in [2.24, 2.45) is 10.7 Å². The Morgan fingerprint density at radius 3 is 2.34 bits per heavy atom. The van der Waals surface area contributed by atoms with Crippen molar-refractivity contribution in [2.75, 3.05) is 20.1 Å². The summed E-state index contributed by atoms with van der Waals surface area (Å²) in [5.41, 5.74) is 9.90. The molecule has 0 bridgehead atoms. The maximum absolute atomic E-state index is 13.7. The quantitative estimate of drug-likeness (QED) is 0.480. The molecular formula is C23H20F3N5O. The summed E-state index contributed by atoms with van der Waals surface area (Å²) in [6, 6.07) is 8.94. The second-order valence-corrected chi connectivity index (χ2v) is 7.37.